The molecule has 0 N–H and O–H groups in total. The first kappa shape index (κ1) is 6.25. The minimum absolute atomic E-state index is 0.566. The zero-order valence-electron chi connectivity index (χ0n) is 3.58. The van der Waals surface area contributed by atoms with Gasteiger partial charge in [0.15, 0.2) is 8.83 Å². The fourth-order valence-corrected chi connectivity index (χ4v) is 0.797. The Hall–Kier alpha value is 0.247. The highest BCUT2D eigenvalue weighted by Gasteiger charge is 1.76. The SMILES string of the molecule is C=CCC[Si]Cl. The summed E-state index contributed by atoms with van der Waals surface area (Å²) in [6, 6.07) is 1.09. The minimum Gasteiger partial charge on any atom is -0.171 e. The molecule has 2 radical (unpaired) electrons. The molecule has 0 nitrogen and oxygen atoms in total. The van der Waals surface area contributed by atoms with Gasteiger partial charge >= 0.3 is 0 Å². The molecule has 6 heavy (non-hydrogen) atoms. The summed E-state index contributed by atoms with van der Waals surface area (Å²) < 4.78 is 0. The van der Waals surface area contributed by atoms with E-state index in [0.717, 1.165) is 12.5 Å². The van der Waals surface area contributed by atoms with Crippen LogP contribution in [0.1, 0.15) is 6.42 Å². The van der Waals surface area contributed by atoms with E-state index in [2.05, 4.69) is 6.58 Å². The Bertz CT molecular complexity index is 36.5. The fourth-order valence-electron chi connectivity index (χ4n) is 0.157. The second-order valence-corrected chi connectivity index (χ2v) is 2.53. The van der Waals surface area contributed by atoms with Gasteiger partial charge < -0.3 is 0 Å². The third-order valence-corrected chi connectivity index (χ3v) is 1.49. The first-order valence-corrected chi connectivity index (χ1v) is 4.08. The Labute approximate surface area is 45.7 Å². The lowest BCUT2D eigenvalue weighted by Crippen LogP contribution is -1.70. The van der Waals surface area contributed by atoms with Gasteiger partial charge in [-0.15, -0.1) is 6.58 Å². The van der Waals surface area contributed by atoms with Gasteiger partial charge in [0, 0.05) is 0 Å². The quantitative estimate of drug-likeness (QED) is 0.230. The van der Waals surface area contributed by atoms with Gasteiger partial charge in [0.05, 0.1) is 0 Å². The predicted octanol–water partition coefficient (Wildman–Crippen LogP) is 1.84. The van der Waals surface area contributed by atoms with Gasteiger partial charge in [0.2, 0.25) is 0 Å². The molecule has 0 aliphatic heterocycles. The number of halogens is 1. The molecule has 0 rings (SSSR count). The number of allylic oxidation sites excluding steroid dienone is 1. The normalized spacial score (nSPS) is 8.17. The number of hydrogen-bond acceptors (Lipinski definition) is 0. The molecule has 34 valence electrons. The summed E-state index contributed by atoms with van der Waals surface area (Å²) >= 11 is 5.36. The maximum Gasteiger partial charge on any atom is 0.172 e. The van der Waals surface area contributed by atoms with Gasteiger partial charge in [-0.3, -0.25) is 0 Å². The van der Waals surface area contributed by atoms with Crippen molar-refractivity contribution in [3.05, 3.63) is 12.7 Å². The predicted molar refractivity (Wildman–Crippen MR) is 31.2 cm³/mol. The summed E-state index contributed by atoms with van der Waals surface area (Å²) in [6.07, 6.45) is 2.94. The van der Waals surface area contributed by atoms with Crippen LogP contribution < -0.4 is 0 Å². The number of hydrogen-bond donors (Lipinski definition) is 0. The van der Waals surface area contributed by atoms with Crippen LogP contribution in [0.4, 0.5) is 0 Å². The van der Waals surface area contributed by atoms with E-state index in [1.165, 1.54) is 0 Å². The molecule has 0 aliphatic rings. The lowest BCUT2D eigenvalue weighted by Gasteiger charge is -1.78. The van der Waals surface area contributed by atoms with E-state index >= 15 is 0 Å². The maximum atomic E-state index is 5.36. The van der Waals surface area contributed by atoms with Gasteiger partial charge in [0.25, 0.3) is 0 Å². The summed E-state index contributed by atoms with van der Waals surface area (Å²) in [5.41, 5.74) is 0. The van der Waals surface area contributed by atoms with Gasteiger partial charge in [-0.05, 0) is 12.5 Å². The van der Waals surface area contributed by atoms with E-state index in [9.17, 15) is 0 Å². The van der Waals surface area contributed by atoms with Crippen LogP contribution in [0.5, 0.6) is 0 Å². The van der Waals surface area contributed by atoms with Crippen molar-refractivity contribution in [3.8, 4) is 0 Å². The van der Waals surface area contributed by atoms with Crippen LogP contribution in [0.15, 0.2) is 12.7 Å². The van der Waals surface area contributed by atoms with Crippen molar-refractivity contribution < 1.29 is 0 Å². The molecule has 0 spiro atoms. The molecule has 2 heteroatoms. The largest absolute Gasteiger partial charge is 0.172 e. The Balaban J connectivity index is 2.49. The van der Waals surface area contributed by atoms with Crippen molar-refractivity contribution in [2.24, 2.45) is 0 Å². The Morgan fingerprint density at radius 3 is 2.67 bits per heavy atom. The molecule has 0 aromatic carbocycles. The van der Waals surface area contributed by atoms with Gasteiger partial charge in [-0.2, -0.15) is 11.1 Å². The monoisotopic (exact) mass is 118 g/mol. The highest BCUT2D eigenvalue weighted by molar-refractivity contribution is 6.93. The topological polar surface area (TPSA) is 0 Å². The Kier molecular flexibility index (Phi) is 5.46. The summed E-state index contributed by atoms with van der Waals surface area (Å²) in [7, 11) is 0.566. The van der Waals surface area contributed by atoms with Crippen LogP contribution >= 0.6 is 11.1 Å². The molecule has 0 heterocycles. The van der Waals surface area contributed by atoms with Crippen LogP contribution in [-0.2, 0) is 0 Å². The third kappa shape index (κ3) is 4.25. The first-order chi connectivity index (χ1) is 2.91. The number of rotatable bonds is 3. The average Bonchev–Trinajstić information content (AvgIpc) is 1.61. The highest BCUT2D eigenvalue weighted by Crippen LogP contribution is 1.88. The smallest absolute Gasteiger partial charge is 0.171 e. The van der Waals surface area contributed by atoms with Crippen molar-refractivity contribution in [1.82, 2.24) is 0 Å². The molecule has 0 aliphatic carbocycles. The summed E-state index contributed by atoms with van der Waals surface area (Å²) in [4.78, 5) is 0. The van der Waals surface area contributed by atoms with Crippen molar-refractivity contribution in [1.29, 1.82) is 0 Å². The van der Waals surface area contributed by atoms with Crippen molar-refractivity contribution in [3.63, 3.8) is 0 Å². The van der Waals surface area contributed by atoms with E-state index in [4.69, 9.17) is 11.1 Å². The molecule has 0 bridgehead atoms. The molecule has 0 unspecified atom stereocenters. The summed E-state index contributed by atoms with van der Waals surface area (Å²) in [5, 5.41) is 0. The summed E-state index contributed by atoms with van der Waals surface area (Å²) in [6.45, 7) is 3.54. The third-order valence-electron chi connectivity index (χ3n) is 0.443. The lowest BCUT2D eigenvalue weighted by atomic mass is 10.5. The maximum absolute atomic E-state index is 5.36. The molecule has 0 saturated carbocycles. The van der Waals surface area contributed by atoms with Crippen molar-refractivity contribution >= 4 is 19.9 Å². The molecule has 0 aromatic heterocycles. The zero-order chi connectivity index (χ0) is 4.83. The Morgan fingerprint density at radius 1 is 1.83 bits per heavy atom. The van der Waals surface area contributed by atoms with Gasteiger partial charge in [0.1, 0.15) is 0 Å². The van der Waals surface area contributed by atoms with E-state index in [-0.39, 0.29) is 0 Å². The molecule has 0 aromatic rings. The molecular formula is C4H7ClSi. The van der Waals surface area contributed by atoms with Gasteiger partial charge in [-0.25, -0.2) is 0 Å². The summed E-state index contributed by atoms with van der Waals surface area (Å²) in [5.74, 6) is 0. The molecule has 0 fully saturated rings. The van der Waals surface area contributed by atoms with Crippen LogP contribution in [-0.4, -0.2) is 8.83 Å². The first-order valence-electron chi connectivity index (χ1n) is 1.86. The molecule has 0 atom stereocenters. The Morgan fingerprint density at radius 2 is 2.50 bits per heavy atom. The van der Waals surface area contributed by atoms with Crippen LogP contribution in [0.25, 0.3) is 0 Å². The van der Waals surface area contributed by atoms with Crippen molar-refractivity contribution in [2.75, 3.05) is 0 Å². The van der Waals surface area contributed by atoms with Crippen LogP contribution in [0.3, 0.4) is 0 Å². The zero-order valence-corrected chi connectivity index (χ0v) is 5.33. The van der Waals surface area contributed by atoms with Crippen LogP contribution in [0, 0.1) is 0 Å². The van der Waals surface area contributed by atoms with Crippen molar-refractivity contribution in [2.45, 2.75) is 12.5 Å². The second-order valence-electron chi connectivity index (χ2n) is 0.961. The molecule has 0 saturated heterocycles. The van der Waals surface area contributed by atoms with E-state index in [1.54, 1.807) is 0 Å². The standard InChI is InChI=1S/C4H7ClSi/c1-2-3-4-6-5/h2H,1,3-4H2. The minimum atomic E-state index is 0.566. The molecule has 0 amide bonds. The second kappa shape index (κ2) is 5.25. The van der Waals surface area contributed by atoms with Crippen LogP contribution in [0.2, 0.25) is 6.04 Å². The van der Waals surface area contributed by atoms with E-state index in [1.807, 2.05) is 6.08 Å². The average molecular weight is 119 g/mol. The molecular weight excluding hydrogens is 112 g/mol. The lowest BCUT2D eigenvalue weighted by molar-refractivity contribution is 1.22. The highest BCUT2D eigenvalue weighted by atomic mass is 35.6. The fraction of sp³-hybridized carbons (Fsp3) is 0.500. The van der Waals surface area contributed by atoms with E-state index < -0.39 is 0 Å². The van der Waals surface area contributed by atoms with E-state index in [0.29, 0.717) is 8.83 Å². The van der Waals surface area contributed by atoms with Gasteiger partial charge in [-0.1, -0.05) is 6.08 Å².